The molecule has 2 unspecified atom stereocenters. The molecule has 0 radical (unpaired) electrons. The van der Waals surface area contributed by atoms with Crippen molar-refractivity contribution in [2.24, 2.45) is 16.6 Å². The van der Waals surface area contributed by atoms with E-state index in [2.05, 4.69) is 12.6 Å². The molecule has 0 aromatic heterocycles. The summed E-state index contributed by atoms with van der Waals surface area (Å²) in [6, 6.07) is -0.172. The van der Waals surface area contributed by atoms with Gasteiger partial charge in [-0.3, -0.25) is 0 Å². The van der Waals surface area contributed by atoms with E-state index in [4.69, 9.17) is 10.5 Å². The van der Waals surface area contributed by atoms with Crippen LogP contribution in [0.5, 0.6) is 0 Å². The number of esters is 1. The van der Waals surface area contributed by atoms with Gasteiger partial charge in [-0.05, 0) is 26.2 Å². The second-order valence-electron chi connectivity index (χ2n) is 6.29. The summed E-state index contributed by atoms with van der Waals surface area (Å²) >= 11 is 4.23. The molecule has 0 fully saturated rings. The van der Waals surface area contributed by atoms with Crippen LogP contribution < -0.4 is 5.73 Å². The summed E-state index contributed by atoms with van der Waals surface area (Å²) in [6.45, 7) is 11.8. The molecular formula is C12H26NO2S+. The van der Waals surface area contributed by atoms with Gasteiger partial charge >= 0.3 is 5.97 Å². The maximum Gasteiger partial charge on any atom is 0.488 e. The smallest absolute Gasteiger partial charge is 0.339 e. The molecular weight excluding hydrogens is 222 g/mol. The fourth-order valence-corrected chi connectivity index (χ4v) is 1.40. The van der Waals surface area contributed by atoms with Gasteiger partial charge in [0.2, 0.25) is 6.10 Å². The summed E-state index contributed by atoms with van der Waals surface area (Å²) in [5.74, 6) is 0.504. The standard InChI is InChI=1S/C12H25NO2S/c1-11(2,3)9(13)8(7-16)15-10(14)12(4,5)6/h8-9,16H,7,13H2,1-6H3/p+1. The highest BCUT2D eigenvalue weighted by Gasteiger charge is 2.39. The lowest BCUT2D eigenvalue weighted by Gasteiger charge is -2.30. The van der Waals surface area contributed by atoms with Crippen molar-refractivity contribution in [1.29, 1.82) is 0 Å². The zero-order valence-corrected chi connectivity index (χ0v) is 12.1. The molecule has 2 atom stereocenters. The predicted molar refractivity (Wildman–Crippen MR) is 72.6 cm³/mol. The van der Waals surface area contributed by atoms with E-state index in [-0.39, 0.29) is 23.5 Å². The normalized spacial score (nSPS) is 16.8. The van der Waals surface area contributed by atoms with E-state index in [0.29, 0.717) is 5.75 Å². The van der Waals surface area contributed by atoms with Gasteiger partial charge in [0.1, 0.15) is 5.41 Å². The Morgan fingerprint density at radius 2 is 1.69 bits per heavy atom. The lowest BCUT2D eigenvalue weighted by atomic mass is 9.84. The summed E-state index contributed by atoms with van der Waals surface area (Å²) in [5, 5.41) is 0. The van der Waals surface area contributed by atoms with Crippen molar-refractivity contribution in [2.75, 3.05) is 5.75 Å². The van der Waals surface area contributed by atoms with Crippen LogP contribution in [-0.4, -0.2) is 28.7 Å². The topological polar surface area (TPSA) is 56.6 Å². The molecule has 3 nitrogen and oxygen atoms in total. The molecule has 0 saturated heterocycles. The van der Waals surface area contributed by atoms with Crippen LogP contribution in [0, 0.1) is 10.8 Å². The first kappa shape index (κ1) is 15.8. The number of hydrogen-bond acceptors (Lipinski definition) is 3. The van der Waals surface area contributed by atoms with E-state index in [1.807, 2.05) is 41.5 Å². The van der Waals surface area contributed by atoms with Gasteiger partial charge in [-0.2, -0.15) is 12.6 Å². The zero-order chi connectivity index (χ0) is 13.1. The molecule has 0 saturated carbocycles. The minimum absolute atomic E-state index is 0.0197. The number of carbonyl (C=O) groups excluding carboxylic acids is 1. The monoisotopic (exact) mass is 248 g/mol. The molecule has 0 amide bonds. The van der Waals surface area contributed by atoms with E-state index >= 15 is 0 Å². The molecule has 0 aliphatic rings. The summed E-state index contributed by atoms with van der Waals surface area (Å²) in [7, 11) is 0. The van der Waals surface area contributed by atoms with E-state index in [9.17, 15) is 4.79 Å². The van der Waals surface area contributed by atoms with Crippen LogP contribution in [0.1, 0.15) is 41.5 Å². The molecule has 3 N–H and O–H groups in total. The molecule has 0 aliphatic heterocycles. The zero-order valence-electron chi connectivity index (χ0n) is 11.2. The Balaban J connectivity index is 4.61. The third-order valence-corrected chi connectivity index (χ3v) is 2.84. The largest absolute Gasteiger partial charge is 0.488 e. The van der Waals surface area contributed by atoms with Crippen molar-refractivity contribution < 1.29 is 9.53 Å². The van der Waals surface area contributed by atoms with Crippen molar-refractivity contribution in [1.82, 2.24) is 0 Å². The van der Waals surface area contributed by atoms with Crippen LogP contribution in [0.15, 0.2) is 0 Å². The Bertz CT molecular complexity index is 240. The van der Waals surface area contributed by atoms with Crippen LogP contribution >= 0.6 is 12.6 Å². The molecule has 16 heavy (non-hydrogen) atoms. The van der Waals surface area contributed by atoms with E-state index in [1.165, 1.54) is 0 Å². The number of rotatable bonds is 3. The minimum Gasteiger partial charge on any atom is -0.339 e. The highest BCUT2D eigenvalue weighted by Crippen LogP contribution is 2.24. The summed E-state index contributed by atoms with van der Waals surface area (Å²) in [5.41, 5.74) is 5.63. The molecule has 0 aromatic rings. The molecule has 0 aliphatic carbocycles. The average Bonchev–Trinajstić information content (AvgIpc) is 2.09. The molecule has 0 aromatic carbocycles. The van der Waals surface area contributed by atoms with Crippen molar-refractivity contribution in [3.05, 3.63) is 0 Å². The van der Waals surface area contributed by atoms with E-state index in [1.54, 1.807) is 0 Å². The fourth-order valence-electron chi connectivity index (χ4n) is 1.10. The lowest BCUT2D eigenvalue weighted by molar-refractivity contribution is 0.0948. The third-order valence-electron chi connectivity index (χ3n) is 2.49. The van der Waals surface area contributed by atoms with E-state index < -0.39 is 5.41 Å². The lowest BCUT2D eigenvalue weighted by Crippen LogP contribution is -2.49. The van der Waals surface area contributed by atoms with Crippen molar-refractivity contribution >= 4 is 18.6 Å². The molecule has 0 spiro atoms. The van der Waals surface area contributed by atoms with Crippen molar-refractivity contribution in [3.8, 4) is 0 Å². The second kappa shape index (κ2) is 5.41. The fraction of sp³-hybridized carbons (Fsp3) is 0.917. The van der Waals surface area contributed by atoms with Crippen LogP contribution in [0.25, 0.3) is 0 Å². The van der Waals surface area contributed by atoms with Gasteiger partial charge in [0.05, 0.1) is 11.8 Å². The summed E-state index contributed by atoms with van der Waals surface area (Å²) < 4.78 is 5.52. The highest BCUT2D eigenvalue weighted by molar-refractivity contribution is 7.80. The Kier molecular flexibility index (Phi) is 5.33. The van der Waals surface area contributed by atoms with Crippen LogP contribution in [0.3, 0.4) is 0 Å². The van der Waals surface area contributed by atoms with E-state index in [0.717, 1.165) is 0 Å². The van der Waals surface area contributed by atoms with Gasteiger partial charge in [0.15, 0.2) is 0 Å². The first-order chi connectivity index (χ1) is 7.00. The number of nitrogens with two attached hydrogens (primary N) is 1. The van der Waals surface area contributed by atoms with Crippen molar-refractivity contribution in [3.63, 3.8) is 0 Å². The van der Waals surface area contributed by atoms with Crippen LogP contribution in [-0.2, 0) is 4.74 Å². The highest BCUT2D eigenvalue weighted by atomic mass is 32.1. The molecule has 0 bridgehead atoms. The first-order valence-corrected chi connectivity index (χ1v) is 6.23. The molecule has 4 heteroatoms. The summed E-state index contributed by atoms with van der Waals surface area (Å²) in [6.07, 6.45) is -0.275. The van der Waals surface area contributed by atoms with Gasteiger partial charge in [-0.25, -0.2) is 0 Å². The van der Waals surface area contributed by atoms with Gasteiger partial charge in [0.25, 0.3) is 0 Å². The number of ether oxygens (including phenoxy) is 1. The average molecular weight is 248 g/mol. The Labute approximate surface area is 105 Å². The molecule has 96 valence electrons. The number of hydrogen-bond donors (Lipinski definition) is 2. The van der Waals surface area contributed by atoms with Gasteiger partial charge in [-0.1, -0.05) is 20.8 Å². The Hall–Kier alpha value is -0.220. The number of thiol groups is 1. The maximum atomic E-state index is 9.81. The SMILES string of the molecule is CC(C)(C)C(=[OH+])OC(CS)C(N)C(C)(C)C. The minimum atomic E-state index is -0.390. The van der Waals surface area contributed by atoms with Crippen LogP contribution in [0.2, 0.25) is 0 Å². The van der Waals surface area contributed by atoms with Crippen molar-refractivity contribution in [2.45, 2.75) is 53.7 Å². The molecule has 0 rings (SSSR count). The second-order valence-corrected chi connectivity index (χ2v) is 6.65. The summed E-state index contributed by atoms with van der Waals surface area (Å²) in [4.78, 5) is 9.81. The van der Waals surface area contributed by atoms with Gasteiger partial charge < -0.3 is 15.3 Å². The third kappa shape index (κ3) is 4.74. The Morgan fingerprint density at radius 3 is 1.94 bits per heavy atom. The van der Waals surface area contributed by atoms with Gasteiger partial charge in [-0.15, -0.1) is 0 Å². The predicted octanol–water partition coefficient (Wildman–Crippen LogP) is 2.22. The quantitative estimate of drug-likeness (QED) is 0.457. The molecule has 0 heterocycles. The maximum absolute atomic E-state index is 9.81. The van der Waals surface area contributed by atoms with Crippen LogP contribution in [0.4, 0.5) is 0 Å². The van der Waals surface area contributed by atoms with Gasteiger partial charge in [0, 0.05) is 0 Å². The Morgan fingerprint density at radius 1 is 1.25 bits per heavy atom. The first-order valence-electron chi connectivity index (χ1n) is 5.59.